The van der Waals surface area contributed by atoms with E-state index in [0.29, 0.717) is 3.57 Å². The molecule has 1 N–H and O–H groups in total. The van der Waals surface area contributed by atoms with Crippen LogP contribution in [0.4, 0.5) is 27.6 Å². The summed E-state index contributed by atoms with van der Waals surface area (Å²) in [4.78, 5) is 4.13. The average Bonchev–Trinajstić information content (AvgIpc) is 2.58. The number of thioether (sulfide) groups is 1. The molecule has 0 aliphatic carbocycles. The maximum Gasteiger partial charge on any atom is 0.416 e. The van der Waals surface area contributed by atoms with Crippen molar-refractivity contribution >= 4 is 45.2 Å². The summed E-state index contributed by atoms with van der Waals surface area (Å²) in [6.07, 6.45) is -1.56. The van der Waals surface area contributed by atoms with Gasteiger partial charge in [-0.3, -0.25) is 5.32 Å². The van der Waals surface area contributed by atoms with Gasteiger partial charge in [0.2, 0.25) is 0 Å². The molecular formula is C16H9F5IN3OS. The Morgan fingerprint density at radius 3 is 2.37 bits per heavy atom. The smallest absolute Gasteiger partial charge is 0.416 e. The van der Waals surface area contributed by atoms with Crippen LogP contribution in [0.5, 0.6) is 11.5 Å². The van der Waals surface area contributed by atoms with E-state index in [1.54, 1.807) is 18.5 Å². The fourth-order valence-electron chi connectivity index (χ4n) is 1.88. The van der Waals surface area contributed by atoms with Gasteiger partial charge in [-0.25, -0.2) is 13.8 Å². The first-order chi connectivity index (χ1) is 12.7. The van der Waals surface area contributed by atoms with Gasteiger partial charge in [-0.1, -0.05) is 11.8 Å². The van der Waals surface area contributed by atoms with Crippen LogP contribution in [0.3, 0.4) is 0 Å². The largest absolute Gasteiger partial charge is 0.449 e. The zero-order valence-corrected chi connectivity index (χ0v) is 16.3. The van der Waals surface area contributed by atoms with E-state index in [9.17, 15) is 22.0 Å². The minimum absolute atomic E-state index is 0.0979. The summed E-state index contributed by atoms with van der Waals surface area (Å²) in [5, 5.41) is 11.2. The number of hydrogen-bond donors (Lipinski definition) is 1. The first-order valence-electron chi connectivity index (χ1n) is 6.97. The number of benzene rings is 2. The number of nitriles is 1. The highest BCUT2D eigenvalue weighted by Crippen LogP contribution is 2.38. The molecule has 0 saturated heterocycles. The molecule has 0 fully saturated rings. The third-order valence-electron chi connectivity index (χ3n) is 3.04. The van der Waals surface area contributed by atoms with Crippen LogP contribution in [0.2, 0.25) is 0 Å². The molecule has 0 spiro atoms. The van der Waals surface area contributed by atoms with E-state index in [2.05, 4.69) is 10.3 Å². The van der Waals surface area contributed by atoms with Crippen LogP contribution < -0.4 is 10.1 Å². The molecule has 0 bridgehead atoms. The number of aliphatic imine (C=N–C) groups is 1. The van der Waals surface area contributed by atoms with Crippen LogP contribution in [0, 0.1) is 26.7 Å². The molecule has 142 valence electrons. The predicted octanol–water partition coefficient (Wildman–Crippen LogP) is 5.80. The molecule has 2 aromatic carbocycles. The van der Waals surface area contributed by atoms with Crippen LogP contribution in [0.1, 0.15) is 5.56 Å². The first-order valence-corrected chi connectivity index (χ1v) is 9.27. The van der Waals surface area contributed by atoms with Crippen molar-refractivity contribution in [3.63, 3.8) is 0 Å². The highest BCUT2D eigenvalue weighted by Gasteiger charge is 2.33. The Labute approximate surface area is 168 Å². The minimum atomic E-state index is -4.89. The summed E-state index contributed by atoms with van der Waals surface area (Å²) < 4.78 is 71.9. The van der Waals surface area contributed by atoms with Crippen LogP contribution in [0.25, 0.3) is 0 Å². The Balaban J connectivity index is 2.48. The fourth-order valence-corrected chi connectivity index (χ4v) is 2.69. The fraction of sp³-hybridized carbons (Fsp3) is 0.125. The van der Waals surface area contributed by atoms with Crippen molar-refractivity contribution in [2.24, 2.45) is 4.99 Å². The van der Waals surface area contributed by atoms with E-state index in [4.69, 9.17) is 10.00 Å². The van der Waals surface area contributed by atoms with E-state index in [1.165, 1.54) is 12.1 Å². The summed E-state index contributed by atoms with van der Waals surface area (Å²) in [5.41, 5.74) is -1.33. The molecule has 27 heavy (non-hydrogen) atoms. The Kier molecular flexibility index (Phi) is 6.88. The van der Waals surface area contributed by atoms with Crippen LogP contribution in [0.15, 0.2) is 35.3 Å². The number of rotatable bonds is 3. The van der Waals surface area contributed by atoms with Crippen molar-refractivity contribution in [1.82, 2.24) is 5.32 Å². The molecular weight excluding hydrogens is 504 g/mol. The first kappa shape index (κ1) is 21.2. The number of amidine groups is 1. The SMILES string of the molecule is CSC(=Nc1cc(I)ccc1Oc1c(F)cc(C(F)(F)F)cc1F)NC#N. The maximum atomic E-state index is 14.0. The summed E-state index contributed by atoms with van der Waals surface area (Å²) >= 11 is 3.08. The second-order valence-electron chi connectivity index (χ2n) is 4.84. The highest BCUT2D eigenvalue weighted by molar-refractivity contribution is 14.1. The Bertz CT molecular complexity index is 904. The van der Waals surface area contributed by atoms with Gasteiger partial charge >= 0.3 is 6.18 Å². The van der Waals surface area contributed by atoms with Gasteiger partial charge in [0, 0.05) is 3.57 Å². The van der Waals surface area contributed by atoms with Crippen LogP contribution in [-0.2, 0) is 6.18 Å². The van der Waals surface area contributed by atoms with Gasteiger partial charge in [-0.15, -0.1) is 0 Å². The summed E-state index contributed by atoms with van der Waals surface area (Å²) in [5.74, 6) is -4.09. The second kappa shape index (κ2) is 8.75. The van der Waals surface area contributed by atoms with E-state index >= 15 is 0 Å². The third kappa shape index (κ3) is 5.46. The van der Waals surface area contributed by atoms with Crippen molar-refractivity contribution in [2.45, 2.75) is 6.18 Å². The normalized spacial score (nSPS) is 11.9. The summed E-state index contributed by atoms with van der Waals surface area (Å²) in [6, 6.07) is 4.75. The van der Waals surface area contributed by atoms with E-state index in [-0.39, 0.29) is 28.7 Å². The standard InChI is InChI=1S/C16H9F5IN3OS/c1-27-15(24-7-23)25-12-6-9(22)2-3-13(12)26-14-10(17)4-8(5-11(14)18)16(19,20)21/h2-6H,1H3,(H,24,25). The number of nitrogens with one attached hydrogen (secondary N) is 1. The average molecular weight is 513 g/mol. The maximum absolute atomic E-state index is 14.0. The summed E-state index contributed by atoms with van der Waals surface area (Å²) in [7, 11) is 0. The zero-order chi connectivity index (χ0) is 20.2. The van der Waals surface area contributed by atoms with Crippen molar-refractivity contribution < 1.29 is 26.7 Å². The number of halogens is 6. The van der Waals surface area contributed by atoms with Gasteiger partial charge in [0.1, 0.15) is 5.69 Å². The lowest BCUT2D eigenvalue weighted by molar-refractivity contribution is -0.138. The molecule has 0 saturated carbocycles. The molecule has 4 nitrogen and oxygen atoms in total. The Morgan fingerprint density at radius 2 is 1.85 bits per heavy atom. The number of hydrogen-bond acceptors (Lipinski definition) is 4. The molecule has 11 heteroatoms. The minimum Gasteiger partial charge on any atom is -0.449 e. The zero-order valence-electron chi connectivity index (χ0n) is 13.4. The van der Waals surface area contributed by atoms with Crippen molar-refractivity contribution in [1.29, 1.82) is 5.26 Å². The third-order valence-corrected chi connectivity index (χ3v) is 4.29. The number of ether oxygens (including phenoxy) is 1. The van der Waals surface area contributed by atoms with Gasteiger partial charge in [-0.05, 0) is 59.2 Å². The molecule has 0 aliphatic rings. The lowest BCUT2D eigenvalue weighted by atomic mass is 10.2. The molecule has 0 aliphatic heterocycles. The van der Waals surface area contributed by atoms with E-state index in [1.807, 2.05) is 22.6 Å². The Hall–Kier alpha value is -2.07. The number of nitrogens with zero attached hydrogens (tertiary/aromatic N) is 2. The molecule has 2 aromatic rings. The Morgan fingerprint density at radius 1 is 1.22 bits per heavy atom. The lowest BCUT2D eigenvalue weighted by Crippen LogP contribution is -2.12. The van der Waals surface area contributed by atoms with Gasteiger partial charge in [-0.2, -0.15) is 18.4 Å². The lowest BCUT2D eigenvalue weighted by Gasteiger charge is -2.13. The highest BCUT2D eigenvalue weighted by atomic mass is 127. The van der Waals surface area contributed by atoms with Gasteiger partial charge in [0.05, 0.1) is 5.56 Å². The number of alkyl halides is 3. The van der Waals surface area contributed by atoms with Crippen LogP contribution >= 0.6 is 34.4 Å². The molecule has 0 radical (unpaired) electrons. The molecule has 0 amide bonds. The molecule has 0 heterocycles. The second-order valence-corrected chi connectivity index (χ2v) is 6.88. The molecule has 2 rings (SSSR count). The molecule has 0 atom stereocenters. The monoisotopic (exact) mass is 513 g/mol. The summed E-state index contributed by atoms with van der Waals surface area (Å²) in [6.45, 7) is 0. The van der Waals surface area contributed by atoms with Gasteiger partial charge in [0.25, 0.3) is 0 Å². The van der Waals surface area contributed by atoms with E-state index in [0.717, 1.165) is 11.8 Å². The molecule has 0 unspecified atom stereocenters. The van der Waals surface area contributed by atoms with Crippen molar-refractivity contribution in [3.8, 4) is 17.7 Å². The quantitative estimate of drug-likeness (QED) is 0.141. The van der Waals surface area contributed by atoms with Crippen LogP contribution in [-0.4, -0.2) is 11.4 Å². The predicted molar refractivity (Wildman–Crippen MR) is 100.0 cm³/mol. The van der Waals surface area contributed by atoms with Gasteiger partial charge in [0.15, 0.2) is 34.5 Å². The van der Waals surface area contributed by atoms with Crippen molar-refractivity contribution in [3.05, 3.63) is 51.1 Å². The van der Waals surface area contributed by atoms with E-state index < -0.39 is 29.1 Å². The van der Waals surface area contributed by atoms with Gasteiger partial charge < -0.3 is 4.74 Å². The van der Waals surface area contributed by atoms with Crippen molar-refractivity contribution in [2.75, 3.05) is 6.26 Å². The topological polar surface area (TPSA) is 57.4 Å². The molecule has 0 aromatic heterocycles.